The number of hydrogen-bond acceptors (Lipinski definition) is 3. The van der Waals surface area contributed by atoms with E-state index >= 15 is 0 Å². The Labute approximate surface area is 135 Å². The van der Waals surface area contributed by atoms with E-state index in [1.165, 1.54) is 6.07 Å². The Hall–Kier alpha value is -2.17. The van der Waals surface area contributed by atoms with E-state index in [0.717, 1.165) is 35.2 Å². The number of furan rings is 1. The van der Waals surface area contributed by atoms with Gasteiger partial charge in [0, 0.05) is 30.6 Å². The Balaban J connectivity index is 1.86. The van der Waals surface area contributed by atoms with E-state index in [0.29, 0.717) is 12.3 Å². The van der Waals surface area contributed by atoms with Gasteiger partial charge in [0.15, 0.2) is 0 Å². The molecule has 0 amide bonds. The van der Waals surface area contributed by atoms with E-state index < -0.39 is 0 Å². The largest absolute Gasteiger partial charge is 0.456 e. The van der Waals surface area contributed by atoms with Crippen LogP contribution in [0.25, 0.3) is 22.3 Å². The van der Waals surface area contributed by atoms with Gasteiger partial charge in [0.05, 0.1) is 0 Å². The lowest BCUT2D eigenvalue weighted by atomic mass is 10.0. The molecule has 0 fully saturated rings. The van der Waals surface area contributed by atoms with Gasteiger partial charge >= 0.3 is 0 Å². The standard InChI is InChI=1S/C19H21FN2O/c1-22(2)10-9-21-13-15-7-8-16(20)12-17(15)19-11-14-5-3-4-6-18(14)23-19/h3-8,11-12,21H,9-10,13H2,1-2H3. The van der Waals surface area contributed by atoms with Crippen LogP contribution in [0.15, 0.2) is 52.9 Å². The lowest BCUT2D eigenvalue weighted by molar-refractivity contribution is 0.400. The maximum absolute atomic E-state index is 13.7. The predicted octanol–water partition coefficient (Wildman–Crippen LogP) is 3.89. The molecule has 0 unspecified atom stereocenters. The number of nitrogens with one attached hydrogen (secondary N) is 1. The second-order valence-electron chi connectivity index (χ2n) is 5.93. The number of rotatable bonds is 6. The van der Waals surface area contributed by atoms with Crippen LogP contribution in [0.3, 0.4) is 0 Å². The molecule has 0 bridgehead atoms. The molecule has 0 saturated carbocycles. The van der Waals surface area contributed by atoms with Gasteiger partial charge < -0.3 is 14.6 Å². The molecule has 3 nitrogen and oxygen atoms in total. The minimum absolute atomic E-state index is 0.252. The summed E-state index contributed by atoms with van der Waals surface area (Å²) in [5, 5.41) is 4.42. The third-order valence-electron chi connectivity index (χ3n) is 3.81. The summed E-state index contributed by atoms with van der Waals surface area (Å²) in [6.07, 6.45) is 0. The Morgan fingerprint density at radius 3 is 2.70 bits per heavy atom. The van der Waals surface area contributed by atoms with Crippen LogP contribution in [0, 0.1) is 5.82 Å². The van der Waals surface area contributed by atoms with E-state index in [9.17, 15) is 4.39 Å². The molecule has 3 rings (SSSR count). The smallest absolute Gasteiger partial charge is 0.135 e. The maximum atomic E-state index is 13.7. The van der Waals surface area contributed by atoms with Crippen molar-refractivity contribution in [1.82, 2.24) is 10.2 Å². The Bertz CT molecular complexity index is 762. The number of halogens is 1. The van der Waals surface area contributed by atoms with Crippen molar-refractivity contribution in [3.05, 3.63) is 59.9 Å². The highest BCUT2D eigenvalue weighted by Crippen LogP contribution is 2.30. The summed E-state index contributed by atoms with van der Waals surface area (Å²) < 4.78 is 19.6. The molecule has 120 valence electrons. The summed E-state index contributed by atoms with van der Waals surface area (Å²) in [6.45, 7) is 2.52. The normalized spacial score (nSPS) is 11.5. The third-order valence-corrected chi connectivity index (χ3v) is 3.81. The van der Waals surface area contributed by atoms with Crippen molar-refractivity contribution in [2.75, 3.05) is 27.2 Å². The highest BCUT2D eigenvalue weighted by atomic mass is 19.1. The van der Waals surface area contributed by atoms with Gasteiger partial charge in [-0.25, -0.2) is 4.39 Å². The van der Waals surface area contributed by atoms with Gasteiger partial charge in [-0.1, -0.05) is 24.3 Å². The van der Waals surface area contributed by atoms with E-state index in [1.807, 2.05) is 50.5 Å². The van der Waals surface area contributed by atoms with Crippen molar-refractivity contribution in [3.63, 3.8) is 0 Å². The highest BCUT2D eigenvalue weighted by Gasteiger charge is 2.11. The number of likely N-dealkylation sites (N-methyl/N-ethyl adjacent to an activating group) is 1. The molecule has 0 saturated heterocycles. The first-order chi connectivity index (χ1) is 11.1. The average Bonchev–Trinajstić information content (AvgIpc) is 2.96. The fraction of sp³-hybridized carbons (Fsp3) is 0.263. The zero-order valence-electron chi connectivity index (χ0n) is 13.5. The molecule has 0 aliphatic rings. The number of para-hydroxylation sites is 1. The summed E-state index contributed by atoms with van der Waals surface area (Å²) in [5.74, 6) is 0.451. The number of nitrogens with zero attached hydrogens (tertiary/aromatic N) is 1. The molecule has 1 aromatic heterocycles. The molecule has 3 aromatic rings. The molecular formula is C19H21FN2O. The van der Waals surface area contributed by atoms with Gasteiger partial charge in [0.2, 0.25) is 0 Å². The molecule has 2 aromatic carbocycles. The van der Waals surface area contributed by atoms with Crippen LogP contribution in [0.1, 0.15) is 5.56 Å². The van der Waals surface area contributed by atoms with Crippen LogP contribution >= 0.6 is 0 Å². The van der Waals surface area contributed by atoms with Gasteiger partial charge in [-0.05, 0) is 43.9 Å². The highest BCUT2D eigenvalue weighted by molar-refractivity contribution is 5.83. The molecule has 0 aliphatic carbocycles. The van der Waals surface area contributed by atoms with Crippen LogP contribution in [0.2, 0.25) is 0 Å². The predicted molar refractivity (Wildman–Crippen MR) is 91.9 cm³/mol. The molecule has 0 radical (unpaired) electrons. The first-order valence-electron chi connectivity index (χ1n) is 7.76. The molecule has 4 heteroatoms. The Morgan fingerprint density at radius 2 is 1.91 bits per heavy atom. The van der Waals surface area contributed by atoms with Gasteiger partial charge in [-0.3, -0.25) is 0 Å². The summed E-state index contributed by atoms with van der Waals surface area (Å²) in [7, 11) is 4.08. The van der Waals surface area contributed by atoms with E-state index in [1.54, 1.807) is 6.07 Å². The molecule has 1 heterocycles. The van der Waals surface area contributed by atoms with E-state index in [4.69, 9.17) is 4.42 Å². The number of benzene rings is 2. The van der Waals surface area contributed by atoms with Crippen LogP contribution < -0.4 is 5.32 Å². The second kappa shape index (κ2) is 6.94. The van der Waals surface area contributed by atoms with Crippen molar-refractivity contribution in [2.45, 2.75) is 6.54 Å². The van der Waals surface area contributed by atoms with Crippen molar-refractivity contribution in [2.24, 2.45) is 0 Å². The van der Waals surface area contributed by atoms with E-state index in [2.05, 4.69) is 10.2 Å². The third kappa shape index (κ3) is 3.78. The van der Waals surface area contributed by atoms with Crippen molar-refractivity contribution < 1.29 is 8.81 Å². The average molecular weight is 312 g/mol. The first kappa shape index (κ1) is 15.7. The molecule has 0 atom stereocenters. The van der Waals surface area contributed by atoms with Crippen molar-refractivity contribution in [1.29, 1.82) is 0 Å². The van der Waals surface area contributed by atoms with Crippen LogP contribution in [-0.4, -0.2) is 32.1 Å². The summed E-state index contributed by atoms with van der Waals surface area (Å²) >= 11 is 0. The minimum Gasteiger partial charge on any atom is -0.456 e. The van der Waals surface area contributed by atoms with Gasteiger partial charge in [0.25, 0.3) is 0 Å². The van der Waals surface area contributed by atoms with Crippen LogP contribution in [-0.2, 0) is 6.54 Å². The van der Waals surface area contributed by atoms with Crippen LogP contribution in [0.5, 0.6) is 0 Å². The SMILES string of the molecule is CN(C)CCNCc1ccc(F)cc1-c1cc2ccccc2o1. The molecule has 0 aliphatic heterocycles. The van der Waals surface area contributed by atoms with Crippen LogP contribution in [0.4, 0.5) is 4.39 Å². The molecule has 1 N–H and O–H groups in total. The topological polar surface area (TPSA) is 28.4 Å². The van der Waals surface area contributed by atoms with Gasteiger partial charge in [-0.2, -0.15) is 0 Å². The van der Waals surface area contributed by atoms with Gasteiger partial charge in [0.1, 0.15) is 17.2 Å². The Kier molecular flexibility index (Phi) is 4.74. The fourth-order valence-electron chi connectivity index (χ4n) is 2.57. The zero-order valence-corrected chi connectivity index (χ0v) is 13.5. The molecule has 0 spiro atoms. The monoisotopic (exact) mass is 312 g/mol. The minimum atomic E-state index is -0.252. The summed E-state index contributed by atoms with van der Waals surface area (Å²) in [6, 6.07) is 14.6. The molecular weight excluding hydrogens is 291 g/mol. The van der Waals surface area contributed by atoms with E-state index in [-0.39, 0.29) is 5.82 Å². The van der Waals surface area contributed by atoms with Crippen molar-refractivity contribution in [3.8, 4) is 11.3 Å². The lowest BCUT2D eigenvalue weighted by Gasteiger charge is -2.12. The Morgan fingerprint density at radius 1 is 1.09 bits per heavy atom. The second-order valence-corrected chi connectivity index (χ2v) is 5.93. The number of hydrogen-bond donors (Lipinski definition) is 1. The number of fused-ring (bicyclic) bond motifs is 1. The first-order valence-corrected chi connectivity index (χ1v) is 7.76. The molecule has 23 heavy (non-hydrogen) atoms. The lowest BCUT2D eigenvalue weighted by Crippen LogP contribution is -2.26. The van der Waals surface area contributed by atoms with Crippen molar-refractivity contribution >= 4 is 11.0 Å². The zero-order chi connectivity index (χ0) is 16.2. The summed E-state index contributed by atoms with van der Waals surface area (Å²) in [5.41, 5.74) is 2.65. The fourth-order valence-corrected chi connectivity index (χ4v) is 2.57. The quantitative estimate of drug-likeness (QED) is 0.700. The summed E-state index contributed by atoms with van der Waals surface area (Å²) in [4.78, 5) is 2.12. The van der Waals surface area contributed by atoms with Gasteiger partial charge in [-0.15, -0.1) is 0 Å². The maximum Gasteiger partial charge on any atom is 0.135 e.